The lowest BCUT2D eigenvalue weighted by molar-refractivity contribution is -0.384. The van der Waals surface area contributed by atoms with E-state index in [1.54, 1.807) is 10.7 Å². The second kappa shape index (κ2) is 9.30. The first-order valence-electron chi connectivity index (χ1n) is 8.44. The molecule has 0 aliphatic rings. The van der Waals surface area contributed by atoms with E-state index in [1.807, 2.05) is 0 Å². The first kappa shape index (κ1) is 23.4. The van der Waals surface area contributed by atoms with Crippen LogP contribution in [-0.2, 0) is 9.53 Å². The van der Waals surface area contributed by atoms with Gasteiger partial charge in [0.05, 0.1) is 24.7 Å². The Labute approximate surface area is 173 Å². The van der Waals surface area contributed by atoms with E-state index < -0.39 is 28.6 Å². The highest BCUT2D eigenvalue weighted by Gasteiger charge is 2.63. The lowest BCUT2D eigenvalue weighted by atomic mass is 10.1. The van der Waals surface area contributed by atoms with E-state index in [-0.39, 0.29) is 22.7 Å². The number of para-hydroxylation sites is 1. The third-order valence-corrected chi connectivity index (χ3v) is 4.04. The lowest BCUT2D eigenvalue weighted by Crippen LogP contribution is -2.73. The normalized spacial score (nSPS) is 12.9. The Bertz CT molecular complexity index is 968. The minimum absolute atomic E-state index is 0.0238. The van der Waals surface area contributed by atoms with Gasteiger partial charge in [-0.3, -0.25) is 14.9 Å². The molecule has 2 rings (SSSR count). The van der Waals surface area contributed by atoms with E-state index >= 15 is 0 Å². The van der Waals surface area contributed by atoms with Gasteiger partial charge in [-0.15, -0.1) is 0 Å². The molecule has 1 amide bonds. The van der Waals surface area contributed by atoms with E-state index in [0.717, 1.165) is 24.3 Å². The molecule has 2 aromatic carbocycles. The standard InChI is InChI=1S/C18H17F3N4O6/c1-30-14-6-4-3-5-13(14)15(26)22-17(16(27)31-2,18(19,20)21)24-23-11-7-9-12(10-8-11)25(28)29/h3-10,23-24H,1-2H3,(H,22,26). The summed E-state index contributed by atoms with van der Waals surface area (Å²) in [5.74, 6) is -3.17. The molecule has 1 unspecified atom stereocenters. The van der Waals surface area contributed by atoms with E-state index in [0.29, 0.717) is 7.11 Å². The number of hydrogen-bond donors (Lipinski definition) is 3. The van der Waals surface area contributed by atoms with E-state index in [4.69, 9.17) is 4.74 Å². The number of nitro benzene ring substituents is 1. The zero-order valence-electron chi connectivity index (χ0n) is 16.1. The van der Waals surface area contributed by atoms with Crippen molar-refractivity contribution in [1.29, 1.82) is 0 Å². The Morgan fingerprint density at radius 3 is 2.16 bits per heavy atom. The third-order valence-electron chi connectivity index (χ3n) is 4.04. The first-order chi connectivity index (χ1) is 14.6. The van der Waals surface area contributed by atoms with Crippen molar-refractivity contribution in [2.45, 2.75) is 11.8 Å². The van der Waals surface area contributed by atoms with Crippen LogP contribution in [-0.4, -0.2) is 42.9 Å². The van der Waals surface area contributed by atoms with Crippen molar-refractivity contribution in [3.63, 3.8) is 0 Å². The van der Waals surface area contributed by atoms with E-state index in [1.165, 1.54) is 31.4 Å². The maximum atomic E-state index is 14.0. The second-order valence-electron chi connectivity index (χ2n) is 5.95. The van der Waals surface area contributed by atoms with Crippen LogP contribution in [0.1, 0.15) is 10.4 Å². The van der Waals surface area contributed by atoms with Crippen LogP contribution < -0.4 is 20.9 Å². The third kappa shape index (κ3) is 5.01. The van der Waals surface area contributed by atoms with Gasteiger partial charge in [0.25, 0.3) is 11.6 Å². The number of rotatable bonds is 8. The molecule has 10 nitrogen and oxygen atoms in total. The molecule has 0 radical (unpaired) electrons. The number of hydrogen-bond acceptors (Lipinski definition) is 8. The van der Waals surface area contributed by atoms with Crippen LogP contribution in [0.25, 0.3) is 0 Å². The molecule has 3 N–H and O–H groups in total. The van der Waals surface area contributed by atoms with Gasteiger partial charge in [-0.25, -0.2) is 4.79 Å². The molecule has 0 saturated carbocycles. The molecular weight excluding hydrogens is 425 g/mol. The van der Waals surface area contributed by atoms with Gasteiger partial charge < -0.3 is 20.2 Å². The van der Waals surface area contributed by atoms with Crippen LogP contribution in [0, 0.1) is 10.1 Å². The number of amides is 1. The number of nitrogens with one attached hydrogen (secondary N) is 3. The van der Waals surface area contributed by atoms with Gasteiger partial charge in [-0.2, -0.15) is 18.6 Å². The number of carbonyl (C=O) groups excluding carboxylic acids is 2. The summed E-state index contributed by atoms with van der Waals surface area (Å²) in [6, 6.07) is 9.72. The zero-order chi connectivity index (χ0) is 23.2. The van der Waals surface area contributed by atoms with Crippen LogP contribution in [0.15, 0.2) is 48.5 Å². The molecule has 0 aliphatic heterocycles. The van der Waals surface area contributed by atoms with Crippen molar-refractivity contribution >= 4 is 23.3 Å². The van der Waals surface area contributed by atoms with Crippen LogP contribution in [0.4, 0.5) is 24.5 Å². The van der Waals surface area contributed by atoms with Crippen molar-refractivity contribution in [3.05, 3.63) is 64.2 Å². The predicted octanol–water partition coefficient (Wildman–Crippen LogP) is 2.38. The number of carbonyl (C=O) groups is 2. The van der Waals surface area contributed by atoms with Gasteiger partial charge in [0.2, 0.25) is 0 Å². The monoisotopic (exact) mass is 442 g/mol. The Kier molecular flexibility index (Phi) is 7.02. The van der Waals surface area contributed by atoms with Crippen molar-refractivity contribution in [3.8, 4) is 5.75 Å². The van der Waals surface area contributed by atoms with Crippen molar-refractivity contribution in [2.24, 2.45) is 0 Å². The van der Waals surface area contributed by atoms with Crippen LogP contribution in [0.5, 0.6) is 5.75 Å². The Morgan fingerprint density at radius 1 is 1.03 bits per heavy atom. The molecule has 0 bridgehead atoms. The highest BCUT2D eigenvalue weighted by atomic mass is 19.4. The minimum Gasteiger partial charge on any atom is -0.496 e. The molecule has 0 spiro atoms. The summed E-state index contributed by atoms with van der Waals surface area (Å²) in [5, 5.41) is 12.3. The smallest absolute Gasteiger partial charge is 0.438 e. The number of non-ortho nitro benzene ring substituents is 1. The molecule has 31 heavy (non-hydrogen) atoms. The number of esters is 1. The minimum atomic E-state index is -5.37. The topological polar surface area (TPSA) is 132 Å². The van der Waals surface area contributed by atoms with Crippen LogP contribution in [0.3, 0.4) is 0 Å². The Morgan fingerprint density at radius 2 is 1.65 bits per heavy atom. The molecule has 1 atom stereocenters. The first-order valence-corrected chi connectivity index (χ1v) is 8.44. The average Bonchev–Trinajstić information content (AvgIpc) is 2.75. The Hall–Kier alpha value is -3.87. The zero-order valence-corrected chi connectivity index (χ0v) is 16.1. The fourth-order valence-corrected chi connectivity index (χ4v) is 2.45. The molecule has 0 fully saturated rings. The second-order valence-corrected chi connectivity index (χ2v) is 5.95. The number of ether oxygens (including phenoxy) is 2. The predicted molar refractivity (Wildman–Crippen MR) is 101 cm³/mol. The van der Waals surface area contributed by atoms with E-state index in [2.05, 4.69) is 10.2 Å². The van der Waals surface area contributed by atoms with Gasteiger partial charge in [-0.05, 0) is 24.3 Å². The van der Waals surface area contributed by atoms with Gasteiger partial charge in [0.1, 0.15) is 5.75 Å². The summed E-state index contributed by atoms with van der Waals surface area (Å²) in [5.41, 5.74) is -0.478. The molecular formula is C18H17F3N4O6. The van der Waals surface area contributed by atoms with Crippen molar-refractivity contribution in [2.75, 3.05) is 19.6 Å². The lowest BCUT2D eigenvalue weighted by Gasteiger charge is -2.34. The van der Waals surface area contributed by atoms with Gasteiger partial charge in [0, 0.05) is 17.8 Å². The van der Waals surface area contributed by atoms with Crippen molar-refractivity contribution in [1.82, 2.24) is 10.7 Å². The summed E-state index contributed by atoms with van der Waals surface area (Å²) in [6.07, 6.45) is -5.37. The van der Waals surface area contributed by atoms with Crippen LogP contribution in [0.2, 0.25) is 0 Å². The maximum Gasteiger partial charge on any atom is 0.438 e. The molecule has 13 heteroatoms. The van der Waals surface area contributed by atoms with Gasteiger partial charge >= 0.3 is 17.8 Å². The molecule has 0 aromatic heterocycles. The van der Waals surface area contributed by atoms with E-state index in [9.17, 15) is 32.9 Å². The highest BCUT2D eigenvalue weighted by Crippen LogP contribution is 2.31. The number of benzene rings is 2. The SMILES string of the molecule is COC(=O)C(NNc1ccc([N+](=O)[O-])cc1)(NC(=O)c1ccccc1OC)C(F)(F)F. The summed E-state index contributed by atoms with van der Waals surface area (Å²) in [4.78, 5) is 34.8. The molecule has 0 saturated heterocycles. The number of halogens is 3. The number of methoxy groups -OCH3 is 2. The number of alkyl halides is 3. The molecule has 2 aromatic rings. The Balaban J connectivity index is 2.39. The summed E-state index contributed by atoms with van der Waals surface area (Å²) in [6.45, 7) is 0. The van der Waals surface area contributed by atoms with Gasteiger partial charge in [-0.1, -0.05) is 12.1 Å². The highest BCUT2D eigenvalue weighted by molar-refractivity contribution is 6.00. The number of anilines is 1. The summed E-state index contributed by atoms with van der Waals surface area (Å²) < 4.78 is 51.3. The quantitative estimate of drug-likeness (QED) is 0.246. The fraction of sp³-hybridized carbons (Fsp3) is 0.222. The largest absolute Gasteiger partial charge is 0.496 e. The van der Waals surface area contributed by atoms with Crippen molar-refractivity contribution < 1.29 is 37.2 Å². The maximum absolute atomic E-state index is 14.0. The molecule has 0 aliphatic carbocycles. The number of nitro groups is 1. The summed E-state index contributed by atoms with van der Waals surface area (Å²) in [7, 11) is 1.93. The van der Waals surface area contributed by atoms with Gasteiger partial charge in [0.15, 0.2) is 0 Å². The molecule has 0 heterocycles. The fourth-order valence-electron chi connectivity index (χ4n) is 2.45. The summed E-state index contributed by atoms with van der Waals surface area (Å²) >= 11 is 0. The average molecular weight is 442 g/mol. The van der Waals surface area contributed by atoms with Crippen LogP contribution >= 0.6 is 0 Å². The molecule has 166 valence electrons. The number of hydrazine groups is 1. The number of nitrogens with zero attached hydrogens (tertiary/aromatic N) is 1.